The fourth-order valence-electron chi connectivity index (χ4n) is 2.67. The lowest BCUT2D eigenvalue weighted by Gasteiger charge is -2.23. The van der Waals surface area contributed by atoms with Crippen molar-refractivity contribution in [1.82, 2.24) is 10.2 Å². The maximum absolute atomic E-state index is 12.2. The second-order valence-corrected chi connectivity index (χ2v) is 8.57. The predicted molar refractivity (Wildman–Crippen MR) is 96.9 cm³/mol. The van der Waals surface area contributed by atoms with Gasteiger partial charge in [0.15, 0.2) is 21.5 Å². The van der Waals surface area contributed by atoms with Crippen LogP contribution in [0.5, 0.6) is 0 Å². The molecule has 1 aromatic heterocycles. The van der Waals surface area contributed by atoms with Crippen molar-refractivity contribution in [3.8, 4) is 0 Å². The van der Waals surface area contributed by atoms with Gasteiger partial charge in [0, 0.05) is 23.7 Å². The number of aromatic nitrogens is 2. The summed E-state index contributed by atoms with van der Waals surface area (Å²) in [4.78, 5) is 14.0. The number of nitrogens with zero attached hydrogens (tertiary/aromatic N) is 3. The van der Waals surface area contributed by atoms with Gasteiger partial charge < -0.3 is 10.2 Å². The molecular formula is C16H17ClN4O3S. The number of carbonyl (C=O) groups is 1. The molecule has 132 valence electrons. The number of nitrogens with one attached hydrogen (secondary N) is 1. The van der Waals surface area contributed by atoms with Crippen LogP contribution in [0, 0.1) is 0 Å². The fourth-order valence-corrected chi connectivity index (χ4v) is 4.63. The Morgan fingerprint density at radius 2 is 2.08 bits per heavy atom. The summed E-state index contributed by atoms with van der Waals surface area (Å²) in [5.41, 5.74) is 0.423. The zero-order valence-electron chi connectivity index (χ0n) is 13.5. The van der Waals surface area contributed by atoms with E-state index in [-0.39, 0.29) is 23.5 Å². The molecule has 0 bridgehead atoms. The molecule has 3 rings (SSSR count). The maximum Gasteiger partial charge on any atom is 0.256 e. The van der Waals surface area contributed by atoms with Crippen LogP contribution in [0.3, 0.4) is 0 Å². The van der Waals surface area contributed by atoms with Crippen LogP contribution in [0.25, 0.3) is 0 Å². The fraction of sp³-hybridized carbons (Fsp3) is 0.312. The molecule has 1 N–H and O–H groups in total. The van der Waals surface area contributed by atoms with E-state index in [2.05, 4.69) is 15.5 Å². The first kappa shape index (κ1) is 17.6. The van der Waals surface area contributed by atoms with E-state index < -0.39 is 9.84 Å². The van der Waals surface area contributed by atoms with Crippen molar-refractivity contribution in [3.05, 3.63) is 47.0 Å². The molecule has 7 nitrogen and oxygen atoms in total. The molecule has 9 heteroatoms. The number of hydrogen-bond acceptors (Lipinski definition) is 6. The minimum absolute atomic E-state index is 0.105. The van der Waals surface area contributed by atoms with Crippen LogP contribution < -0.4 is 10.2 Å². The molecule has 1 amide bonds. The topological polar surface area (TPSA) is 92.3 Å². The second-order valence-electron chi connectivity index (χ2n) is 5.91. The molecule has 1 atom stereocenters. The summed E-state index contributed by atoms with van der Waals surface area (Å²) in [6.45, 7) is 0. The predicted octanol–water partition coefficient (Wildman–Crippen LogP) is 2.01. The van der Waals surface area contributed by atoms with E-state index in [0.717, 1.165) is 0 Å². The van der Waals surface area contributed by atoms with Gasteiger partial charge in [-0.05, 0) is 36.8 Å². The molecular weight excluding hydrogens is 364 g/mol. The third-order valence-corrected chi connectivity index (χ3v) is 6.08. The summed E-state index contributed by atoms with van der Waals surface area (Å²) < 4.78 is 23.2. The highest BCUT2D eigenvalue weighted by molar-refractivity contribution is 7.91. The Kier molecular flexibility index (Phi) is 4.91. The molecule has 1 aliphatic heterocycles. The lowest BCUT2D eigenvalue weighted by Crippen LogP contribution is -2.33. The molecule has 2 aromatic rings. The highest BCUT2D eigenvalue weighted by Gasteiger charge is 2.31. The number of amides is 1. The van der Waals surface area contributed by atoms with Crippen LogP contribution in [0.2, 0.25) is 5.02 Å². The summed E-state index contributed by atoms with van der Waals surface area (Å²) in [6, 6.07) is 9.81. The van der Waals surface area contributed by atoms with Gasteiger partial charge in [0.25, 0.3) is 5.91 Å². The quantitative estimate of drug-likeness (QED) is 0.872. The monoisotopic (exact) mass is 380 g/mol. The second kappa shape index (κ2) is 6.97. The van der Waals surface area contributed by atoms with E-state index in [0.29, 0.717) is 28.6 Å². The highest BCUT2D eigenvalue weighted by atomic mass is 35.5. The summed E-state index contributed by atoms with van der Waals surface area (Å²) in [5, 5.41) is 11.2. The van der Waals surface area contributed by atoms with Crippen molar-refractivity contribution in [1.29, 1.82) is 0 Å². The third kappa shape index (κ3) is 4.26. The van der Waals surface area contributed by atoms with Crippen molar-refractivity contribution < 1.29 is 13.2 Å². The molecule has 1 fully saturated rings. The minimum atomic E-state index is -2.96. The van der Waals surface area contributed by atoms with E-state index in [1.807, 2.05) is 0 Å². The number of rotatable bonds is 4. The highest BCUT2D eigenvalue weighted by Crippen LogP contribution is 2.21. The summed E-state index contributed by atoms with van der Waals surface area (Å²) in [5.74, 6) is 0.852. The Morgan fingerprint density at radius 3 is 2.68 bits per heavy atom. The number of benzene rings is 1. The number of carbonyl (C=O) groups excluding carboxylic acids is 1. The van der Waals surface area contributed by atoms with Gasteiger partial charge in [-0.3, -0.25) is 4.79 Å². The van der Waals surface area contributed by atoms with E-state index in [1.165, 1.54) is 0 Å². The minimum Gasteiger partial charge on any atom is -0.354 e. The first-order valence-corrected chi connectivity index (χ1v) is 9.88. The molecule has 1 aromatic carbocycles. The standard InChI is InChI=1S/C16H17ClN4O3S/c1-21(13-7-8-25(23,24)10-13)15-6-5-14(19-20-15)18-16(22)11-3-2-4-12(17)9-11/h2-6,9,13H,7-8,10H2,1H3,(H,18,19,22). The maximum atomic E-state index is 12.2. The van der Waals surface area contributed by atoms with Crippen LogP contribution in [0.15, 0.2) is 36.4 Å². The zero-order chi connectivity index (χ0) is 18.0. The van der Waals surface area contributed by atoms with Crippen molar-refractivity contribution in [2.24, 2.45) is 0 Å². The van der Waals surface area contributed by atoms with Gasteiger partial charge in [-0.15, -0.1) is 10.2 Å². The molecule has 0 radical (unpaired) electrons. The molecule has 0 spiro atoms. The van der Waals surface area contributed by atoms with Gasteiger partial charge in [-0.25, -0.2) is 8.42 Å². The summed E-state index contributed by atoms with van der Waals surface area (Å²) >= 11 is 5.87. The Hall–Kier alpha value is -2.19. The first-order valence-electron chi connectivity index (χ1n) is 7.68. The molecule has 25 heavy (non-hydrogen) atoms. The Labute approximate surface area is 150 Å². The van der Waals surface area contributed by atoms with E-state index in [4.69, 9.17) is 11.6 Å². The largest absolute Gasteiger partial charge is 0.354 e. The van der Waals surface area contributed by atoms with E-state index in [1.54, 1.807) is 48.3 Å². The molecule has 0 saturated carbocycles. The molecule has 0 aliphatic carbocycles. The average Bonchev–Trinajstić information content (AvgIpc) is 2.95. The van der Waals surface area contributed by atoms with Crippen molar-refractivity contribution >= 4 is 39.0 Å². The van der Waals surface area contributed by atoms with Crippen LogP contribution in [0.4, 0.5) is 11.6 Å². The molecule has 1 unspecified atom stereocenters. The number of anilines is 2. The Morgan fingerprint density at radius 1 is 1.28 bits per heavy atom. The number of halogens is 1. The first-order chi connectivity index (χ1) is 11.8. The summed E-state index contributed by atoms with van der Waals surface area (Å²) in [6.07, 6.45) is 0.577. The lowest BCUT2D eigenvalue weighted by molar-refractivity contribution is 0.102. The lowest BCUT2D eigenvalue weighted by atomic mass is 10.2. The normalized spacial score (nSPS) is 18.7. The van der Waals surface area contributed by atoms with Crippen LogP contribution >= 0.6 is 11.6 Å². The van der Waals surface area contributed by atoms with Gasteiger partial charge in [-0.2, -0.15) is 0 Å². The van der Waals surface area contributed by atoms with Crippen LogP contribution in [-0.4, -0.2) is 49.1 Å². The number of sulfone groups is 1. The van der Waals surface area contributed by atoms with Gasteiger partial charge in [0.2, 0.25) is 0 Å². The SMILES string of the molecule is CN(c1ccc(NC(=O)c2cccc(Cl)c2)nn1)C1CCS(=O)(=O)C1. The molecule has 1 saturated heterocycles. The van der Waals surface area contributed by atoms with E-state index >= 15 is 0 Å². The third-order valence-electron chi connectivity index (χ3n) is 4.10. The van der Waals surface area contributed by atoms with Crippen LogP contribution in [0.1, 0.15) is 16.8 Å². The molecule has 2 heterocycles. The number of hydrogen-bond donors (Lipinski definition) is 1. The van der Waals surface area contributed by atoms with Gasteiger partial charge in [0.05, 0.1) is 11.5 Å². The summed E-state index contributed by atoms with van der Waals surface area (Å²) in [7, 11) is -1.17. The van der Waals surface area contributed by atoms with E-state index in [9.17, 15) is 13.2 Å². The van der Waals surface area contributed by atoms with Crippen LogP contribution in [-0.2, 0) is 9.84 Å². The van der Waals surface area contributed by atoms with Gasteiger partial charge in [0.1, 0.15) is 0 Å². The Balaban J connectivity index is 1.67. The van der Waals surface area contributed by atoms with Crippen molar-refractivity contribution in [2.45, 2.75) is 12.5 Å². The molecule has 1 aliphatic rings. The van der Waals surface area contributed by atoms with Gasteiger partial charge in [-0.1, -0.05) is 17.7 Å². The van der Waals surface area contributed by atoms with Gasteiger partial charge >= 0.3 is 0 Å². The smallest absolute Gasteiger partial charge is 0.256 e. The zero-order valence-corrected chi connectivity index (χ0v) is 15.1. The Bertz CT molecular complexity index is 887. The average molecular weight is 381 g/mol. The van der Waals surface area contributed by atoms with Crippen molar-refractivity contribution in [2.75, 3.05) is 28.8 Å². The van der Waals surface area contributed by atoms with Crippen molar-refractivity contribution in [3.63, 3.8) is 0 Å².